The van der Waals surface area contributed by atoms with Crippen LogP contribution in [-0.2, 0) is 4.79 Å². The molecule has 0 spiro atoms. The molecule has 5 heteroatoms. The van der Waals surface area contributed by atoms with Gasteiger partial charge >= 0.3 is 0 Å². The molecule has 0 unspecified atom stereocenters. The molecule has 104 valence electrons. The zero-order valence-electron chi connectivity index (χ0n) is 10.7. The van der Waals surface area contributed by atoms with E-state index in [1.165, 1.54) is 0 Å². The molecule has 2 rings (SSSR count). The number of hydrogen-bond acceptors (Lipinski definition) is 2. The first kappa shape index (κ1) is 15.1. The predicted octanol–water partition coefficient (Wildman–Crippen LogP) is 3.65. The molecule has 1 aromatic rings. The number of carbonyl (C=O) groups is 1. The van der Waals surface area contributed by atoms with Crippen molar-refractivity contribution in [2.45, 2.75) is 25.7 Å². The quantitative estimate of drug-likeness (QED) is 0.772. The van der Waals surface area contributed by atoms with Crippen LogP contribution in [-0.4, -0.2) is 12.5 Å². The van der Waals surface area contributed by atoms with Gasteiger partial charge in [-0.15, -0.1) is 0 Å². The normalized spacial score (nSPS) is 23.1. The van der Waals surface area contributed by atoms with Gasteiger partial charge in [-0.05, 0) is 78.9 Å². The van der Waals surface area contributed by atoms with Crippen LogP contribution in [0.5, 0.6) is 0 Å². The van der Waals surface area contributed by atoms with E-state index in [1.54, 1.807) is 0 Å². The van der Waals surface area contributed by atoms with Crippen molar-refractivity contribution in [3.05, 3.63) is 26.8 Å². The van der Waals surface area contributed by atoms with E-state index in [9.17, 15) is 4.79 Å². The fourth-order valence-electron chi connectivity index (χ4n) is 2.49. The Hall–Kier alpha value is -0.330. The topological polar surface area (TPSA) is 55.1 Å². The van der Waals surface area contributed by atoms with Crippen molar-refractivity contribution in [3.63, 3.8) is 0 Å². The molecule has 1 fully saturated rings. The van der Waals surface area contributed by atoms with Gasteiger partial charge in [0.15, 0.2) is 0 Å². The van der Waals surface area contributed by atoms with Gasteiger partial charge in [-0.25, -0.2) is 0 Å². The first-order chi connectivity index (χ1) is 9.10. The van der Waals surface area contributed by atoms with Crippen LogP contribution in [0.3, 0.4) is 0 Å². The van der Waals surface area contributed by atoms with Gasteiger partial charge in [0.2, 0.25) is 5.91 Å². The minimum atomic E-state index is 0.0820. The smallest absolute Gasteiger partial charge is 0.227 e. The molecule has 0 bridgehead atoms. The van der Waals surface area contributed by atoms with Crippen molar-refractivity contribution in [2.24, 2.45) is 17.6 Å². The molecule has 3 nitrogen and oxygen atoms in total. The lowest BCUT2D eigenvalue weighted by atomic mass is 9.81. The maximum Gasteiger partial charge on any atom is 0.227 e. The monoisotopic (exact) mass is 392 g/mol. The van der Waals surface area contributed by atoms with E-state index >= 15 is 0 Å². The maximum atomic E-state index is 12.2. The summed E-state index contributed by atoms with van der Waals surface area (Å²) in [6.07, 6.45) is 3.95. The second-order valence-corrected chi connectivity index (χ2v) is 6.72. The van der Waals surface area contributed by atoms with Crippen molar-refractivity contribution >= 4 is 45.8 Å². The third-order valence-corrected chi connectivity index (χ3v) is 4.72. The molecule has 1 saturated carbocycles. The van der Waals surface area contributed by atoms with Gasteiger partial charge in [0.1, 0.15) is 0 Å². The van der Waals surface area contributed by atoms with Crippen molar-refractivity contribution in [2.75, 3.05) is 11.9 Å². The molecule has 1 aliphatic carbocycles. The number of nitrogens with two attached hydrogens (primary N) is 1. The number of amides is 1. The van der Waals surface area contributed by atoms with Crippen molar-refractivity contribution in [1.82, 2.24) is 0 Å². The first-order valence-corrected chi connectivity index (χ1v) is 8.02. The van der Waals surface area contributed by atoms with Crippen LogP contribution in [0.4, 0.5) is 5.69 Å². The lowest BCUT2D eigenvalue weighted by Crippen LogP contribution is -2.29. The molecule has 0 aliphatic heterocycles. The third-order valence-electron chi connectivity index (χ3n) is 3.74. The predicted molar refractivity (Wildman–Crippen MR) is 87.3 cm³/mol. The summed E-state index contributed by atoms with van der Waals surface area (Å²) in [7, 11) is 0. The first-order valence-electron chi connectivity index (χ1n) is 6.56. The second-order valence-electron chi connectivity index (χ2n) is 5.07. The number of anilines is 1. The minimum absolute atomic E-state index is 0.0820. The van der Waals surface area contributed by atoms with Crippen LogP contribution in [0.15, 0.2) is 18.2 Å². The van der Waals surface area contributed by atoms with Gasteiger partial charge in [0.25, 0.3) is 0 Å². The molecule has 19 heavy (non-hydrogen) atoms. The number of halogens is 2. The Morgan fingerprint density at radius 3 is 2.63 bits per heavy atom. The van der Waals surface area contributed by atoms with Gasteiger partial charge in [0, 0.05) is 9.49 Å². The van der Waals surface area contributed by atoms with E-state index < -0.39 is 0 Å². The van der Waals surface area contributed by atoms with Crippen LogP contribution in [0, 0.1) is 15.4 Å². The minimum Gasteiger partial charge on any atom is -0.330 e. The zero-order chi connectivity index (χ0) is 13.8. The molecule has 1 aliphatic rings. The van der Waals surface area contributed by atoms with E-state index in [4.69, 9.17) is 17.3 Å². The van der Waals surface area contributed by atoms with E-state index in [-0.39, 0.29) is 11.8 Å². The van der Waals surface area contributed by atoms with E-state index in [0.717, 1.165) is 35.8 Å². The summed E-state index contributed by atoms with van der Waals surface area (Å²) in [5, 5.41) is 3.53. The molecule has 0 saturated heterocycles. The number of nitrogens with one attached hydrogen (secondary N) is 1. The molecule has 0 radical (unpaired) electrons. The van der Waals surface area contributed by atoms with Gasteiger partial charge in [-0.2, -0.15) is 0 Å². The third kappa shape index (κ3) is 4.07. The Labute approximate surface area is 132 Å². The number of rotatable bonds is 3. The summed E-state index contributed by atoms with van der Waals surface area (Å²) in [4.78, 5) is 12.2. The molecular weight excluding hydrogens is 375 g/mol. The number of benzene rings is 1. The highest BCUT2D eigenvalue weighted by Gasteiger charge is 2.25. The van der Waals surface area contributed by atoms with Gasteiger partial charge in [-0.3, -0.25) is 4.79 Å². The standard InChI is InChI=1S/C14H18ClIN2O/c15-12-7-11(16)5-6-13(12)18-14(19)10-3-1-9(8-17)2-4-10/h5-7,9-10H,1-4,8,17H2,(H,18,19). The maximum absolute atomic E-state index is 12.2. The molecule has 3 N–H and O–H groups in total. The molecule has 1 amide bonds. The number of carbonyl (C=O) groups excluding carboxylic acids is 1. The fourth-order valence-corrected chi connectivity index (χ4v) is 3.39. The van der Waals surface area contributed by atoms with Crippen LogP contribution in [0.1, 0.15) is 25.7 Å². The summed E-state index contributed by atoms with van der Waals surface area (Å²) < 4.78 is 1.06. The lowest BCUT2D eigenvalue weighted by molar-refractivity contribution is -0.121. The van der Waals surface area contributed by atoms with Crippen molar-refractivity contribution in [1.29, 1.82) is 0 Å². The van der Waals surface area contributed by atoms with Crippen LogP contribution in [0.2, 0.25) is 5.02 Å². The zero-order valence-corrected chi connectivity index (χ0v) is 13.6. The lowest BCUT2D eigenvalue weighted by Gasteiger charge is -2.26. The Kier molecular flexibility index (Phi) is 5.47. The van der Waals surface area contributed by atoms with E-state index in [2.05, 4.69) is 27.9 Å². The SMILES string of the molecule is NCC1CCC(C(=O)Nc2ccc(I)cc2Cl)CC1. The molecule has 0 aromatic heterocycles. The summed E-state index contributed by atoms with van der Waals surface area (Å²) in [5.74, 6) is 0.766. The average Bonchev–Trinajstić information content (AvgIpc) is 2.42. The Morgan fingerprint density at radius 1 is 1.37 bits per heavy atom. The summed E-state index contributed by atoms with van der Waals surface area (Å²) in [5.41, 5.74) is 6.37. The average molecular weight is 393 g/mol. The van der Waals surface area contributed by atoms with Crippen LogP contribution in [0.25, 0.3) is 0 Å². The highest BCUT2D eigenvalue weighted by molar-refractivity contribution is 14.1. The van der Waals surface area contributed by atoms with E-state index in [1.807, 2.05) is 18.2 Å². The Balaban J connectivity index is 1.94. The van der Waals surface area contributed by atoms with Gasteiger partial charge in [-0.1, -0.05) is 11.6 Å². The van der Waals surface area contributed by atoms with Crippen molar-refractivity contribution in [3.8, 4) is 0 Å². The van der Waals surface area contributed by atoms with Crippen LogP contribution >= 0.6 is 34.2 Å². The number of hydrogen-bond donors (Lipinski definition) is 2. The molecular formula is C14H18ClIN2O. The van der Waals surface area contributed by atoms with E-state index in [0.29, 0.717) is 16.6 Å². The summed E-state index contributed by atoms with van der Waals surface area (Å²) in [6, 6.07) is 5.64. The fraction of sp³-hybridized carbons (Fsp3) is 0.500. The highest BCUT2D eigenvalue weighted by atomic mass is 127. The second kappa shape index (κ2) is 6.90. The molecule has 0 heterocycles. The van der Waals surface area contributed by atoms with Gasteiger partial charge < -0.3 is 11.1 Å². The van der Waals surface area contributed by atoms with Crippen molar-refractivity contribution < 1.29 is 4.79 Å². The Bertz CT molecular complexity index is 459. The summed E-state index contributed by atoms with van der Waals surface area (Å²) >= 11 is 8.32. The van der Waals surface area contributed by atoms with Crippen LogP contribution < -0.4 is 11.1 Å². The molecule has 1 aromatic carbocycles. The molecule has 0 atom stereocenters. The largest absolute Gasteiger partial charge is 0.330 e. The summed E-state index contributed by atoms with van der Waals surface area (Å²) in [6.45, 7) is 0.733. The van der Waals surface area contributed by atoms with Gasteiger partial charge in [0.05, 0.1) is 10.7 Å². The highest BCUT2D eigenvalue weighted by Crippen LogP contribution is 2.30. The Morgan fingerprint density at radius 2 is 2.05 bits per heavy atom.